The molecule has 0 rings (SSSR count). The van der Waals surface area contributed by atoms with Gasteiger partial charge in [0.15, 0.2) is 0 Å². The molecule has 0 fully saturated rings. The SMILES string of the molecule is C[C@@H](CCCCNC(=O)CC[C@H](NC(=O)CCCCCCCCCCCCCC(=O)O)C(N)=O)C(=O)O. The largest absolute Gasteiger partial charge is 0.481 e. The van der Waals surface area contributed by atoms with Crippen molar-refractivity contribution in [3.8, 4) is 0 Å². The molecule has 10 nitrogen and oxygen atoms in total. The number of primary amides is 1. The number of nitrogens with one attached hydrogen (secondary N) is 2. The molecule has 0 heterocycles. The smallest absolute Gasteiger partial charge is 0.306 e. The van der Waals surface area contributed by atoms with Crippen LogP contribution in [0.25, 0.3) is 0 Å². The maximum atomic E-state index is 12.2. The zero-order valence-corrected chi connectivity index (χ0v) is 22.6. The molecule has 214 valence electrons. The van der Waals surface area contributed by atoms with Crippen LogP contribution in [0.1, 0.15) is 122 Å². The zero-order chi connectivity index (χ0) is 27.9. The standard InChI is InChI=1S/C27H49N3O7/c1-21(27(36)37)15-13-14-20-29-23(31)19-18-22(26(28)35)30-24(32)16-11-9-7-5-3-2-4-6-8-10-12-17-25(33)34/h21-22H,2-20H2,1H3,(H2,28,35)(H,29,31)(H,30,32)(H,33,34)(H,36,37)/t21-,22-/m0/s1. The number of amides is 3. The third-order valence-electron chi connectivity index (χ3n) is 6.44. The number of carboxylic acid groups (broad SMARTS) is 2. The van der Waals surface area contributed by atoms with Crippen LogP contribution in [-0.2, 0) is 24.0 Å². The van der Waals surface area contributed by atoms with E-state index >= 15 is 0 Å². The number of unbranched alkanes of at least 4 members (excludes halogenated alkanes) is 11. The van der Waals surface area contributed by atoms with Gasteiger partial charge in [-0.15, -0.1) is 0 Å². The van der Waals surface area contributed by atoms with E-state index in [2.05, 4.69) is 10.6 Å². The summed E-state index contributed by atoms with van der Waals surface area (Å²) in [6.45, 7) is 2.09. The van der Waals surface area contributed by atoms with Crippen molar-refractivity contribution >= 4 is 29.7 Å². The van der Waals surface area contributed by atoms with Gasteiger partial charge in [-0.25, -0.2) is 0 Å². The van der Waals surface area contributed by atoms with Crippen molar-refractivity contribution in [2.24, 2.45) is 11.7 Å². The first-order valence-corrected chi connectivity index (χ1v) is 13.9. The molecule has 0 unspecified atom stereocenters. The van der Waals surface area contributed by atoms with Crippen LogP contribution < -0.4 is 16.4 Å². The summed E-state index contributed by atoms with van der Waals surface area (Å²) in [5, 5.41) is 22.8. The minimum Gasteiger partial charge on any atom is -0.481 e. The summed E-state index contributed by atoms with van der Waals surface area (Å²) in [6.07, 6.45) is 14.1. The molecule has 0 aromatic carbocycles. The predicted octanol–water partition coefficient (Wildman–Crippen LogP) is 3.90. The van der Waals surface area contributed by atoms with Crippen LogP contribution in [0, 0.1) is 5.92 Å². The van der Waals surface area contributed by atoms with Gasteiger partial charge in [-0.2, -0.15) is 0 Å². The molecule has 0 aliphatic heterocycles. The maximum absolute atomic E-state index is 12.2. The van der Waals surface area contributed by atoms with Crippen LogP contribution >= 0.6 is 0 Å². The number of carbonyl (C=O) groups excluding carboxylic acids is 3. The monoisotopic (exact) mass is 527 g/mol. The van der Waals surface area contributed by atoms with Gasteiger partial charge in [0.05, 0.1) is 5.92 Å². The molecule has 0 bridgehead atoms. The summed E-state index contributed by atoms with van der Waals surface area (Å²) >= 11 is 0. The number of carboxylic acids is 2. The Balaban J connectivity index is 3.78. The van der Waals surface area contributed by atoms with Gasteiger partial charge < -0.3 is 26.6 Å². The molecule has 0 aliphatic rings. The number of hydrogen-bond acceptors (Lipinski definition) is 5. The van der Waals surface area contributed by atoms with Crippen molar-refractivity contribution in [2.45, 2.75) is 129 Å². The van der Waals surface area contributed by atoms with E-state index in [1.54, 1.807) is 6.92 Å². The van der Waals surface area contributed by atoms with E-state index in [0.717, 1.165) is 57.8 Å². The lowest BCUT2D eigenvalue weighted by molar-refractivity contribution is -0.141. The lowest BCUT2D eigenvalue weighted by Gasteiger charge is -2.15. The molecule has 0 saturated heterocycles. The number of aliphatic carboxylic acids is 2. The predicted molar refractivity (Wildman–Crippen MR) is 142 cm³/mol. The first kappa shape index (κ1) is 34.4. The van der Waals surface area contributed by atoms with Crippen LogP contribution in [0.15, 0.2) is 0 Å². The van der Waals surface area contributed by atoms with Gasteiger partial charge in [0.1, 0.15) is 6.04 Å². The summed E-state index contributed by atoms with van der Waals surface area (Å²) in [7, 11) is 0. The highest BCUT2D eigenvalue weighted by atomic mass is 16.4. The molecule has 37 heavy (non-hydrogen) atoms. The highest BCUT2D eigenvalue weighted by Crippen LogP contribution is 2.13. The fourth-order valence-corrected chi connectivity index (χ4v) is 4.00. The van der Waals surface area contributed by atoms with Crippen molar-refractivity contribution < 1.29 is 34.2 Å². The molecule has 10 heteroatoms. The van der Waals surface area contributed by atoms with E-state index in [1.807, 2.05) is 0 Å². The summed E-state index contributed by atoms with van der Waals surface area (Å²) < 4.78 is 0. The van der Waals surface area contributed by atoms with E-state index in [9.17, 15) is 24.0 Å². The first-order chi connectivity index (χ1) is 17.6. The number of carbonyl (C=O) groups is 5. The Kier molecular flexibility index (Phi) is 20.9. The Bertz CT molecular complexity index is 685. The quantitative estimate of drug-likeness (QED) is 0.112. The average Bonchev–Trinajstić information content (AvgIpc) is 2.83. The Morgan fingerprint density at radius 3 is 1.65 bits per heavy atom. The van der Waals surface area contributed by atoms with Crippen LogP contribution in [-0.4, -0.2) is 52.5 Å². The lowest BCUT2D eigenvalue weighted by Crippen LogP contribution is -2.45. The van der Waals surface area contributed by atoms with Crippen molar-refractivity contribution in [3.63, 3.8) is 0 Å². The van der Waals surface area contributed by atoms with Gasteiger partial charge in [-0.3, -0.25) is 24.0 Å². The molecule has 0 aromatic heterocycles. The topological polar surface area (TPSA) is 176 Å². The molecule has 0 spiro atoms. The van der Waals surface area contributed by atoms with Crippen molar-refractivity contribution in [2.75, 3.05) is 6.54 Å². The molecule has 0 saturated carbocycles. The summed E-state index contributed by atoms with van der Waals surface area (Å²) in [4.78, 5) is 57.1. The second-order valence-corrected chi connectivity index (χ2v) is 9.93. The van der Waals surface area contributed by atoms with E-state index in [-0.39, 0.29) is 31.1 Å². The van der Waals surface area contributed by atoms with Gasteiger partial charge in [0.25, 0.3) is 0 Å². The molecule has 6 N–H and O–H groups in total. The minimum atomic E-state index is -0.876. The van der Waals surface area contributed by atoms with Crippen LogP contribution in [0.4, 0.5) is 0 Å². The third-order valence-corrected chi connectivity index (χ3v) is 6.44. The summed E-state index contributed by atoms with van der Waals surface area (Å²) in [6, 6.07) is -0.876. The molecule has 3 amide bonds. The summed E-state index contributed by atoms with van der Waals surface area (Å²) in [5.74, 6) is -3.08. The molecule has 0 aromatic rings. The van der Waals surface area contributed by atoms with Crippen LogP contribution in [0.5, 0.6) is 0 Å². The van der Waals surface area contributed by atoms with Gasteiger partial charge in [0, 0.05) is 25.8 Å². The van der Waals surface area contributed by atoms with E-state index in [0.29, 0.717) is 32.2 Å². The van der Waals surface area contributed by atoms with Crippen LogP contribution in [0.2, 0.25) is 0 Å². The molecule has 2 atom stereocenters. The van der Waals surface area contributed by atoms with E-state index in [4.69, 9.17) is 15.9 Å². The Hall–Kier alpha value is -2.65. The number of hydrogen-bond donors (Lipinski definition) is 5. The van der Waals surface area contributed by atoms with Crippen molar-refractivity contribution in [1.29, 1.82) is 0 Å². The summed E-state index contributed by atoms with van der Waals surface area (Å²) in [5.41, 5.74) is 5.39. The normalized spacial score (nSPS) is 12.5. The second-order valence-electron chi connectivity index (χ2n) is 9.93. The average molecular weight is 528 g/mol. The third kappa shape index (κ3) is 22.3. The minimum absolute atomic E-state index is 0.0712. The fraction of sp³-hybridized carbons (Fsp3) is 0.815. The molecule has 0 radical (unpaired) electrons. The number of nitrogens with two attached hydrogens (primary N) is 1. The van der Waals surface area contributed by atoms with Gasteiger partial charge >= 0.3 is 11.9 Å². The first-order valence-electron chi connectivity index (χ1n) is 13.9. The number of rotatable bonds is 25. The Labute approximate surface area is 221 Å². The van der Waals surface area contributed by atoms with Crippen molar-refractivity contribution in [3.05, 3.63) is 0 Å². The molecular weight excluding hydrogens is 478 g/mol. The molecule has 0 aliphatic carbocycles. The van der Waals surface area contributed by atoms with E-state index < -0.39 is 29.8 Å². The Morgan fingerprint density at radius 1 is 0.649 bits per heavy atom. The molecular formula is C27H49N3O7. The van der Waals surface area contributed by atoms with Gasteiger partial charge in [0.2, 0.25) is 17.7 Å². The van der Waals surface area contributed by atoms with Crippen molar-refractivity contribution in [1.82, 2.24) is 10.6 Å². The lowest BCUT2D eigenvalue weighted by atomic mass is 10.0. The van der Waals surface area contributed by atoms with Gasteiger partial charge in [-0.05, 0) is 32.1 Å². The second kappa shape index (κ2) is 22.5. The zero-order valence-electron chi connectivity index (χ0n) is 22.6. The van der Waals surface area contributed by atoms with E-state index in [1.165, 1.54) is 12.8 Å². The maximum Gasteiger partial charge on any atom is 0.306 e. The Morgan fingerprint density at radius 2 is 1.16 bits per heavy atom. The fourth-order valence-electron chi connectivity index (χ4n) is 4.00. The highest BCUT2D eigenvalue weighted by molar-refractivity contribution is 5.87. The highest BCUT2D eigenvalue weighted by Gasteiger charge is 2.19. The van der Waals surface area contributed by atoms with Gasteiger partial charge in [-0.1, -0.05) is 71.1 Å². The van der Waals surface area contributed by atoms with Crippen LogP contribution in [0.3, 0.4) is 0 Å².